The van der Waals surface area contributed by atoms with Crippen molar-refractivity contribution < 1.29 is 4.74 Å². The highest BCUT2D eigenvalue weighted by atomic mass is 79.9. The van der Waals surface area contributed by atoms with Crippen LogP contribution in [0.5, 0.6) is 5.75 Å². The van der Waals surface area contributed by atoms with Crippen molar-refractivity contribution >= 4 is 33.2 Å². The van der Waals surface area contributed by atoms with Gasteiger partial charge in [-0.1, -0.05) is 11.6 Å². The van der Waals surface area contributed by atoms with E-state index < -0.39 is 0 Å². The fourth-order valence-electron chi connectivity index (χ4n) is 2.15. The van der Waals surface area contributed by atoms with E-state index in [1.807, 2.05) is 19.1 Å². The van der Waals surface area contributed by atoms with Gasteiger partial charge in [-0.2, -0.15) is 0 Å². The molecule has 1 unspecified atom stereocenters. The van der Waals surface area contributed by atoms with Crippen molar-refractivity contribution in [3.05, 3.63) is 21.6 Å². The number of halogens is 2. The number of benzene rings is 1. The number of hydrogen-bond donors (Lipinski definition) is 2. The summed E-state index contributed by atoms with van der Waals surface area (Å²) >= 11 is 9.60. The van der Waals surface area contributed by atoms with Crippen molar-refractivity contribution in [2.24, 2.45) is 0 Å². The van der Waals surface area contributed by atoms with Gasteiger partial charge < -0.3 is 15.4 Å². The Hall–Kier alpha value is -0.450. The summed E-state index contributed by atoms with van der Waals surface area (Å²) in [5.74, 6) is 0.840. The van der Waals surface area contributed by atoms with Gasteiger partial charge in [-0.25, -0.2) is 0 Å². The predicted octanol–water partition coefficient (Wildman–Crippen LogP) is 3.67. The second kappa shape index (κ2) is 6.64. The standard InChI is InChI=1S/C13H18BrClN2O/c1-2-18-13-11(14)6-9(15)7-12(13)17-10-4-3-5-16-8-10/h6-7,10,16-17H,2-5,8H2,1H3. The first-order chi connectivity index (χ1) is 8.70. The molecule has 0 radical (unpaired) electrons. The SMILES string of the molecule is CCOc1c(Br)cc(Cl)cc1NC1CCCNC1. The summed E-state index contributed by atoms with van der Waals surface area (Å²) < 4.78 is 6.57. The molecule has 2 rings (SSSR count). The molecule has 0 spiro atoms. The van der Waals surface area contributed by atoms with Crippen LogP contribution in [-0.2, 0) is 0 Å². The molecule has 1 saturated heterocycles. The predicted molar refractivity (Wildman–Crippen MR) is 79.8 cm³/mol. The summed E-state index contributed by atoms with van der Waals surface area (Å²) in [6.07, 6.45) is 2.37. The lowest BCUT2D eigenvalue weighted by atomic mass is 10.1. The first-order valence-electron chi connectivity index (χ1n) is 6.29. The van der Waals surface area contributed by atoms with Crippen molar-refractivity contribution in [3.8, 4) is 5.75 Å². The second-order valence-corrected chi connectivity index (χ2v) is 5.68. The molecular weight excluding hydrogens is 316 g/mol. The molecule has 2 N–H and O–H groups in total. The fraction of sp³-hybridized carbons (Fsp3) is 0.538. The Balaban J connectivity index is 2.18. The van der Waals surface area contributed by atoms with Crippen molar-refractivity contribution in [1.29, 1.82) is 0 Å². The highest BCUT2D eigenvalue weighted by molar-refractivity contribution is 9.10. The Bertz CT molecular complexity index is 408. The van der Waals surface area contributed by atoms with E-state index in [1.54, 1.807) is 0 Å². The molecule has 0 aromatic heterocycles. The molecule has 1 aliphatic heterocycles. The van der Waals surface area contributed by atoms with Crippen molar-refractivity contribution in [2.75, 3.05) is 25.0 Å². The van der Waals surface area contributed by atoms with E-state index in [0.717, 1.165) is 29.0 Å². The molecule has 1 aromatic rings. The summed E-state index contributed by atoms with van der Waals surface area (Å²) in [5, 5.41) is 7.61. The Labute approximate surface area is 121 Å². The smallest absolute Gasteiger partial charge is 0.156 e. The lowest BCUT2D eigenvalue weighted by molar-refractivity contribution is 0.339. The average molecular weight is 334 g/mol. The minimum absolute atomic E-state index is 0.434. The largest absolute Gasteiger partial charge is 0.491 e. The summed E-state index contributed by atoms with van der Waals surface area (Å²) in [5.41, 5.74) is 0.963. The fourth-order valence-corrected chi connectivity index (χ4v) is 3.08. The van der Waals surface area contributed by atoms with Crippen LogP contribution in [0.3, 0.4) is 0 Å². The highest BCUT2D eigenvalue weighted by Gasteiger charge is 2.16. The molecule has 5 heteroatoms. The third-order valence-corrected chi connectivity index (χ3v) is 3.76. The Morgan fingerprint density at radius 3 is 3.06 bits per heavy atom. The normalized spacial score (nSPS) is 19.6. The van der Waals surface area contributed by atoms with Crippen molar-refractivity contribution in [3.63, 3.8) is 0 Å². The first kappa shape index (κ1) is 14.0. The summed E-state index contributed by atoms with van der Waals surface area (Å²) in [6, 6.07) is 4.21. The van der Waals surface area contributed by atoms with Gasteiger partial charge in [0, 0.05) is 17.6 Å². The van der Waals surface area contributed by atoms with Gasteiger partial charge in [0.25, 0.3) is 0 Å². The van der Waals surface area contributed by atoms with Crippen LogP contribution in [0.2, 0.25) is 5.02 Å². The maximum Gasteiger partial charge on any atom is 0.156 e. The van der Waals surface area contributed by atoms with Crippen LogP contribution in [0.25, 0.3) is 0 Å². The zero-order valence-electron chi connectivity index (χ0n) is 10.4. The topological polar surface area (TPSA) is 33.3 Å². The van der Waals surface area contributed by atoms with Crippen LogP contribution < -0.4 is 15.4 Å². The quantitative estimate of drug-likeness (QED) is 0.882. The molecule has 3 nitrogen and oxygen atoms in total. The third kappa shape index (κ3) is 3.53. The number of rotatable bonds is 4. The van der Waals surface area contributed by atoms with Gasteiger partial charge in [-0.3, -0.25) is 0 Å². The molecule has 0 saturated carbocycles. The van der Waals surface area contributed by atoms with Gasteiger partial charge in [0.1, 0.15) is 0 Å². The second-order valence-electron chi connectivity index (χ2n) is 4.38. The molecule has 1 aliphatic rings. The zero-order valence-corrected chi connectivity index (χ0v) is 12.8. The molecule has 18 heavy (non-hydrogen) atoms. The van der Waals surface area contributed by atoms with E-state index in [1.165, 1.54) is 12.8 Å². The van der Waals surface area contributed by atoms with Gasteiger partial charge in [0.15, 0.2) is 5.75 Å². The van der Waals surface area contributed by atoms with Crippen LogP contribution in [0.15, 0.2) is 16.6 Å². The van der Waals surface area contributed by atoms with Crippen LogP contribution in [0.4, 0.5) is 5.69 Å². The highest BCUT2D eigenvalue weighted by Crippen LogP contribution is 2.37. The summed E-state index contributed by atoms with van der Waals surface area (Å²) in [7, 11) is 0. The van der Waals surface area contributed by atoms with E-state index >= 15 is 0 Å². The Morgan fingerprint density at radius 2 is 2.39 bits per heavy atom. The average Bonchev–Trinajstić information content (AvgIpc) is 2.35. The minimum atomic E-state index is 0.434. The monoisotopic (exact) mass is 332 g/mol. The molecule has 1 aromatic carbocycles. The van der Waals surface area contributed by atoms with Gasteiger partial charge in [0.05, 0.1) is 16.8 Å². The summed E-state index contributed by atoms with van der Waals surface area (Å²) in [6.45, 7) is 4.70. The molecule has 100 valence electrons. The number of hydrogen-bond acceptors (Lipinski definition) is 3. The molecular formula is C13H18BrClN2O. The van der Waals surface area contributed by atoms with E-state index in [0.29, 0.717) is 17.7 Å². The van der Waals surface area contributed by atoms with E-state index in [9.17, 15) is 0 Å². The Kier molecular flexibility index (Phi) is 5.15. The first-order valence-corrected chi connectivity index (χ1v) is 7.47. The van der Waals surface area contributed by atoms with Crippen LogP contribution in [-0.4, -0.2) is 25.7 Å². The van der Waals surface area contributed by atoms with Gasteiger partial charge in [0.2, 0.25) is 0 Å². The molecule has 1 heterocycles. The number of ether oxygens (including phenoxy) is 1. The van der Waals surface area contributed by atoms with Crippen molar-refractivity contribution in [1.82, 2.24) is 5.32 Å². The number of nitrogens with one attached hydrogen (secondary N) is 2. The summed E-state index contributed by atoms with van der Waals surface area (Å²) in [4.78, 5) is 0. The van der Waals surface area contributed by atoms with E-state index in [4.69, 9.17) is 16.3 Å². The lowest BCUT2D eigenvalue weighted by Crippen LogP contribution is -2.38. The molecule has 0 bridgehead atoms. The van der Waals surface area contributed by atoms with Crippen LogP contribution in [0.1, 0.15) is 19.8 Å². The van der Waals surface area contributed by atoms with Crippen LogP contribution in [0, 0.1) is 0 Å². The molecule has 1 atom stereocenters. The number of piperidine rings is 1. The van der Waals surface area contributed by atoms with Gasteiger partial charge >= 0.3 is 0 Å². The molecule has 0 amide bonds. The Morgan fingerprint density at radius 1 is 1.56 bits per heavy atom. The molecule has 1 fully saturated rings. The van der Waals surface area contributed by atoms with Crippen molar-refractivity contribution in [2.45, 2.75) is 25.8 Å². The number of anilines is 1. The van der Waals surface area contributed by atoms with Crippen LogP contribution >= 0.6 is 27.5 Å². The van der Waals surface area contributed by atoms with Gasteiger partial charge in [-0.15, -0.1) is 0 Å². The zero-order chi connectivity index (χ0) is 13.0. The lowest BCUT2D eigenvalue weighted by Gasteiger charge is -2.26. The van der Waals surface area contributed by atoms with E-state index in [2.05, 4.69) is 26.6 Å². The third-order valence-electron chi connectivity index (χ3n) is 2.95. The van der Waals surface area contributed by atoms with Gasteiger partial charge in [-0.05, 0) is 54.4 Å². The maximum absolute atomic E-state index is 6.10. The molecule has 0 aliphatic carbocycles. The minimum Gasteiger partial charge on any atom is -0.491 e. The maximum atomic E-state index is 6.10. The van der Waals surface area contributed by atoms with E-state index in [-0.39, 0.29) is 0 Å².